The quantitative estimate of drug-likeness (QED) is 0.895. The molecule has 1 atom stereocenters. The fraction of sp³-hybridized carbons (Fsp3) is 0.412. The molecule has 122 valence electrons. The minimum atomic E-state index is -0.578. The van der Waals surface area contributed by atoms with E-state index in [0.717, 1.165) is 36.0 Å². The monoisotopic (exact) mass is 376 g/mol. The van der Waals surface area contributed by atoms with Crippen molar-refractivity contribution in [2.75, 3.05) is 13.1 Å². The Hall–Kier alpha value is -1.66. The first-order valence-electron chi connectivity index (χ1n) is 7.85. The van der Waals surface area contributed by atoms with E-state index >= 15 is 0 Å². The number of hydrogen-bond acceptors (Lipinski definition) is 3. The lowest BCUT2D eigenvalue weighted by atomic mass is 10.0. The Bertz CT molecular complexity index is 674. The molecule has 1 saturated heterocycles. The van der Waals surface area contributed by atoms with Gasteiger partial charge in [0.25, 0.3) is 0 Å². The molecule has 2 N–H and O–H groups in total. The number of hydrogen-bond donors (Lipinski definition) is 1. The van der Waals surface area contributed by atoms with Crippen molar-refractivity contribution < 1.29 is 4.79 Å². The molecule has 1 unspecified atom stereocenters. The second-order valence-corrected chi connectivity index (χ2v) is 7.00. The van der Waals surface area contributed by atoms with Gasteiger partial charge in [-0.25, -0.2) is 0 Å². The first-order valence-corrected chi connectivity index (χ1v) is 8.64. The molecule has 1 fully saturated rings. The summed E-state index contributed by atoms with van der Waals surface area (Å²) in [6, 6.07) is 7.62. The van der Waals surface area contributed by atoms with Crippen molar-refractivity contribution in [3.63, 3.8) is 0 Å². The molecule has 3 rings (SSSR count). The second kappa shape index (κ2) is 6.84. The van der Waals surface area contributed by atoms with Crippen LogP contribution in [-0.2, 0) is 4.79 Å². The number of amides is 1. The van der Waals surface area contributed by atoms with E-state index in [2.05, 4.69) is 21.0 Å². The molecule has 2 aromatic rings. The van der Waals surface area contributed by atoms with Gasteiger partial charge in [0.05, 0.1) is 16.7 Å². The number of halogens is 1. The number of nitrogens with zero attached hydrogens (tertiary/aromatic N) is 3. The maximum Gasteiger partial charge on any atom is 0.244 e. The van der Waals surface area contributed by atoms with E-state index < -0.39 is 6.04 Å². The molecule has 2 heterocycles. The molecule has 1 aliphatic heterocycles. The van der Waals surface area contributed by atoms with Crippen molar-refractivity contribution in [1.29, 1.82) is 0 Å². The summed E-state index contributed by atoms with van der Waals surface area (Å²) in [5.74, 6) is 0.00829. The summed E-state index contributed by atoms with van der Waals surface area (Å²) in [7, 11) is 0. The molecule has 0 radical (unpaired) electrons. The average Bonchev–Trinajstić information content (AvgIpc) is 3.01. The Kier molecular flexibility index (Phi) is 4.82. The van der Waals surface area contributed by atoms with Crippen molar-refractivity contribution in [2.45, 2.75) is 31.8 Å². The number of carbonyl (C=O) groups is 1. The summed E-state index contributed by atoms with van der Waals surface area (Å²) in [5, 5.41) is 4.34. The summed E-state index contributed by atoms with van der Waals surface area (Å²) in [4.78, 5) is 14.5. The predicted octanol–water partition coefficient (Wildman–Crippen LogP) is 2.82. The lowest BCUT2D eigenvalue weighted by Crippen LogP contribution is -2.43. The van der Waals surface area contributed by atoms with Gasteiger partial charge in [-0.3, -0.25) is 9.48 Å². The molecule has 23 heavy (non-hydrogen) atoms. The predicted molar refractivity (Wildman–Crippen MR) is 92.9 cm³/mol. The molecule has 0 saturated carbocycles. The average molecular weight is 377 g/mol. The highest BCUT2D eigenvalue weighted by Crippen LogP contribution is 2.25. The Morgan fingerprint density at radius 2 is 1.96 bits per heavy atom. The van der Waals surface area contributed by atoms with E-state index in [9.17, 15) is 4.79 Å². The summed E-state index contributed by atoms with van der Waals surface area (Å²) in [5.41, 5.74) is 8.19. The fourth-order valence-corrected chi connectivity index (χ4v) is 3.28. The van der Waals surface area contributed by atoms with E-state index in [1.54, 1.807) is 6.20 Å². The lowest BCUT2D eigenvalue weighted by molar-refractivity contribution is -0.134. The fourth-order valence-electron chi connectivity index (χ4n) is 2.98. The molecular formula is C17H21BrN4O. The van der Waals surface area contributed by atoms with Gasteiger partial charge in [-0.2, -0.15) is 5.10 Å². The zero-order valence-corrected chi connectivity index (χ0v) is 14.7. The highest BCUT2D eigenvalue weighted by atomic mass is 79.9. The van der Waals surface area contributed by atoms with Crippen LogP contribution >= 0.6 is 15.9 Å². The first-order chi connectivity index (χ1) is 11.0. The van der Waals surface area contributed by atoms with Gasteiger partial charge in [-0.15, -0.1) is 0 Å². The van der Waals surface area contributed by atoms with Gasteiger partial charge < -0.3 is 10.6 Å². The van der Waals surface area contributed by atoms with Crippen molar-refractivity contribution in [1.82, 2.24) is 14.7 Å². The topological polar surface area (TPSA) is 64.2 Å². The van der Waals surface area contributed by atoms with Crippen molar-refractivity contribution in [2.24, 2.45) is 5.73 Å². The Morgan fingerprint density at radius 3 is 2.52 bits per heavy atom. The molecule has 1 aliphatic rings. The molecule has 0 aliphatic carbocycles. The van der Waals surface area contributed by atoms with Gasteiger partial charge in [-0.05, 0) is 41.3 Å². The third kappa shape index (κ3) is 3.64. The Morgan fingerprint density at radius 1 is 1.30 bits per heavy atom. The van der Waals surface area contributed by atoms with Gasteiger partial charge in [0.1, 0.15) is 6.04 Å². The van der Waals surface area contributed by atoms with Gasteiger partial charge in [0.15, 0.2) is 0 Å². The normalized spacial score (nSPS) is 17.3. The van der Waals surface area contributed by atoms with Gasteiger partial charge in [0, 0.05) is 19.3 Å². The maximum absolute atomic E-state index is 12.6. The minimum absolute atomic E-state index is 0.00829. The molecule has 1 aromatic carbocycles. The first kappa shape index (κ1) is 16.2. The molecule has 0 spiro atoms. The van der Waals surface area contributed by atoms with E-state index in [-0.39, 0.29) is 5.91 Å². The van der Waals surface area contributed by atoms with Crippen LogP contribution in [0.2, 0.25) is 0 Å². The number of piperidine rings is 1. The summed E-state index contributed by atoms with van der Waals surface area (Å²) < 4.78 is 2.96. The van der Waals surface area contributed by atoms with Crippen LogP contribution in [0.3, 0.4) is 0 Å². The van der Waals surface area contributed by atoms with Gasteiger partial charge in [0.2, 0.25) is 5.91 Å². The third-order valence-corrected chi connectivity index (χ3v) is 4.83. The third-order valence-electron chi connectivity index (χ3n) is 4.42. The van der Waals surface area contributed by atoms with Crippen LogP contribution in [0.25, 0.3) is 0 Å². The van der Waals surface area contributed by atoms with Crippen LogP contribution in [-0.4, -0.2) is 33.7 Å². The van der Waals surface area contributed by atoms with Crippen LogP contribution in [0.1, 0.15) is 36.1 Å². The lowest BCUT2D eigenvalue weighted by Gasteiger charge is -2.33. The van der Waals surface area contributed by atoms with Crippen molar-refractivity contribution >= 4 is 21.8 Å². The molecule has 6 heteroatoms. The van der Waals surface area contributed by atoms with Crippen LogP contribution in [0, 0.1) is 6.92 Å². The van der Waals surface area contributed by atoms with E-state index in [4.69, 9.17) is 5.73 Å². The summed E-state index contributed by atoms with van der Waals surface area (Å²) in [6.45, 7) is 3.47. The van der Waals surface area contributed by atoms with Gasteiger partial charge >= 0.3 is 0 Å². The zero-order valence-electron chi connectivity index (χ0n) is 13.2. The SMILES string of the molecule is Cc1ccc(C(N)C(=O)N2CCC(n3cc(Br)cn3)CC2)cc1. The van der Waals surface area contributed by atoms with Crippen molar-refractivity contribution in [3.8, 4) is 0 Å². The number of benzene rings is 1. The summed E-state index contributed by atoms with van der Waals surface area (Å²) in [6.07, 6.45) is 5.59. The minimum Gasteiger partial charge on any atom is -0.341 e. The molecular weight excluding hydrogens is 356 g/mol. The molecule has 1 amide bonds. The Labute approximate surface area is 144 Å². The molecule has 5 nitrogen and oxygen atoms in total. The van der Waals surface area contributed by atoms with Gasteiger partial charge in [-0.1, -0.05) is 29.8 Å². The van der Waals surface area contributed by atoms with Crippen molar-refractivity contribution in [3.05, 3.63) is 52.3 Å². The van der Waals surface area contributed by atoms with Crippen LogP contribution in [0.4, 0.5) is 0 Å². The number of aryl methyl sites for hydroxylation is 1. The molecule has 1 aromatic heterocycles. The Balaban J connectivity index is 1.60. The number of nitrogens with two attached hydrogens (primary N) is 1. The molecule has 0 bridgehead atoms. The van der Waals surface area contributed by atoms with E-state index in [1.165, 1.54) is 5.56 Å². The highest BCUT2D eigenvalue weighted by molar-refractivity contribution is 9.10. The number of aromatic nitrogens is 2. The zero-order chi connectivity index (χ0) is 16.4. The van der Waals surface area contributed by atoms with Crippen LogP contribution in [0.15, 0.2) is 41.1 Å². The summed E-state index contributed by atoms with van der Waals surface area (Å²) >= 11 is 3.42. The smallest absolute Gasteiger partial charge is 0.244 e. The maximum atomic E-state index is 12.6. The second-order valence-electron chi connectivity index (χ2n) is 6.08. The largest absolute Gasteiger partial charge is 0.341 e. The van der Waals surface area contributed by atoms with Crippen LogP contribution in [0.5, 0.6) is 0 Å². The standard InChI is InChI=1S/C17H21BrN4O/c1-12-2-4-13(5-3-12)16(19)17(23)21-8-6-15(7-9-21)22-11-14(18)10-20-22/h2-5,10-11,15-16H,6-9,19H2,1H3. The number of likely N-dealkylation sites (tertiary alicyclic amines) is 1. The van der Waals surface area contributed by atoms with E-state index in [0.29, 0.717) is 6.04 Å². The number of carbonyl (C=O) groups excluding carboxylic acids is 1. The number of rotatable bonds is 3. The van der Waals surface area contributed by atoms with E-state index in [1.807, 2.05) is 47.0 Å². The van der Waals surface area contributed by atoms with Crippen LogP contribution < -0.4 is 5.73 Å². The highest BCUT2D eigenvalue weighted by Gasteiger charge is 2.28.